The highest BCUT2D eigenvalue weighted by Crippen LogP contribution is 2.36. The predicted octanol–water partition coefficient (Wildman–Crippen LogP) is 5.24. The number of allylic oxidation sites excluding steroid dienone is 1. The zero-order valence-corrected chi connectivity index (χ0v) is 21.7. The number of benzene rings is 3. The number of ether oxygens (including phenoxy) is 3. The molecule has 0 unspecified atom stereocenters. The number of anilines is 2. The first kappa shape index (κ1) is 26.5. The first-order valence-electron chi connectivity index (χ1n) is 11.6. The molecule has 1 N–H and O–H groups in total. The maximum Gasteiger partial charge on any atom is 0.340 e. The summed E-state index contributed by atoms with van der Waals surface area (Å²) in [5.74, 6) is -0.336. The fourth-order valence-electron chi connectivity index (χ4n) is 4.02. The Balaban J connectivity index is 1.50. The highest BCUT2D eigenvalue weighted by Gasteiger charge is 2.37. The summed E-state index contributed by atoms with van der Waals surface area (Å²) >= 11 is 6.12. The lowest BCUT2D eigenvalue weighted by Gasteiger charge is -2.18. The lowest BCUT2D eigenvalue weighted by Crippen LogP contribution is -2.24. The molecule has 1 aliphatic rings. The molecule has 3 aromatic carbocycles. The Bertz CT molecular complexity index is 1450. The van der Waals surface area contributed by atoms with Gasteiger partial charge in [0, 0.05) is 10.7 Å². The van der Waals surface area contributed by atoms with Gasteiger partial charge in [0.25, 0.3) is 11.8 Å². The van der Waals surface area contributed by atoms with Crippen LogP contribution in [0.3, 0.4) is 0 Å². The van der Waals surface area contributed by atoms with Crippen molar-refractivity contribution < 1.29 is 28.6 Å². The number of esters is 1. The first-order valence-corrected chi connectivity index (χ1v) is 12.0. The quantitative estimate of drug-likeness (QED) is 0.315. The summed E-state index contributed by atoms with van der Waals surface area (Å²) < 4.78 is 15.8. The van der Waals surface area contributed by atoms with E-state index in [0.717, 1.165) is 0 Å². The van der Waals surface area contributed by atoms with E-state index in [1.165, 1.54) is 19.1 Å². The summed E-state index contributed by atoms with van der Waals surface area (Å²) in [6, 6.07) is 20.7. The molecule has 0 spiro atoms. The van der Waals surface area contributed by atoms with Crippen LogP contribution in [0.2, 0.25) is 5.02 Å². The zero-order valence-electron chi connectivity index (χ0n) is 21.0. The number of para-hydroxylation sites is 2. The number of halogens is 1. The van der Waals surface area contributed by atoms with Gasteiger partial charge in [0.2, 0.25) is 0 Å². The smallest absolute Gasteiger partial charge is 0.340 e. The predicted molar refractivity (Wildman–Crippen MR) is 145 cm³/mol. The summed E-state index contributed by atoms with van der Waals surface area (Å²) in [6.45, 7) is 1.47. The maximum absolute atomic E-state index is 13.4. The zero-order chi connectivity index (χ0) is 27.2. The van der Waals surface area contributed by atoms with Gasteiger partial charge < -0.3 is 19.5 Å². The highest BCUT2D eigenvalue weighted by atomic mass is 35.5. The minimum absolute atomic E-state index is 0.172. The van der Waals surface area contributed by atoms with E-state index in [1.807, 2.05) is 0 Å². The van der Waals surface area contributed by atoms with Gasteiger partial charge in [0.05, 0.1) is 36.7 Å². The number of amides is 2. The van der Waals surface area contributed by atoms with E-state index < -0.39 is 5.97 Å². The molecule has 194 valence electrons. The number of nitrogens with zero attached hydrogens (tertiary/aromatic N) is 1. The van der Waals surface area contributed by atoms with Crippen molar-refractivity contribution in [1.29, 1.82) is 0 Å². The Morgan fingerprint density at radius 3 is 2.42 bits per heavy atom. The van der Waals surface area contributed by atoms with Crippen LogP contribution in [0.4, 0.5) is 11.4 Å². The average Bonchev–Trinajstić information content (AvgIpc) is 3.16. The van der Waals surface area contributed by atoms with Gasteiger partial charge in [-0.3, -0.25) is 14.5 Å². The molecule has 3 aromatic rings. The molecule has 0 aromatic heterocycles. The Morgan fingerprint density at radius 1 is 1.00 bits per heavy atom. The second-order valence-corrected chi connectivity index (χ2v) is 8.67. The summed E-state index contributed by atoms with van der Waals surface area (Å²) in [6.07, 6.45) is 1.61. The van der Waals surface area contributed by atoms with Crippen molar-refractivity contribution in [3.05, 3.63) is 100 Å². The number of rotatable bonds is 8. The molecule has 0 radical (unpaired) electrons. The van der Waals surface area contributed by atoms with Crippen LogP contribution in [0.15, 0.2) is 89.6 Å². The fourth-order valence-corrected chi connectivity index (χ4v) is 4.20. The summed E-state index contributed by atoms with van der Waals surface area (Å²) in [5.41, 5.74) is 2.55. The molecule has 2 amide bonds. The minimum Gasteiger partial charge on any atom is -0.495 e. The lowest BCUT2D eigenvalue weighted by atomic mass is 10.0. The molecule has 4 rings (SSSR count). The van der Waals surface area contributed by atoms with E-state index in [2.05, 4.69) is 5.32 Å². The fraction of sp³-hybridized carbons (Fsp3) is 0.138. The van der Waals surface area contributed by atoms with Crippen molar-refractivity contribution >= 4 is 46.8 Å². The molecule has 0 aliphatic carbocycles. The summed E-state index contributed by atoms with van der Waals surface area (Å²) in [4.78, 5) is 39.7. The first-order chi connectivity index (χ1) is 18.3. The standard InChI is InChI=1S/C29H25ClN2O6/c1-18-27(29(35)37-3)23(28(34)32(18)21-8-6-7-20(30)16-21)15-19-11-13-22(14-12-19)38-17-26(33)31-24-9-4-5-10-25(24)36-2/h4-16H,17H2,1-3H3,(H,31,33)/b23-15-. The summed E-state index contributed by atoms with van der Waals surface area (Å²) in [5, 5.41) is 3.21. The minimum atomic E-state index is -0.618. The van der Waals surface area contributed by atoms with Gasteiger partial charge in [0.1, 0.15) is 11.5 Å². The van der Waals surface area contributed by atoms with Crippen molar-refractivity contribution in [2.75, 3.05) is 31.0 Å². The third kappa shape index (κ3) is 5.71. The van der Waals surface area contributed by atoms with E-state index in [9.17, 15) is 14.4 Å². The maximum atomic E-state index is 13.4. The number of carbonyl (C=O) groups is 3. The van der Waals surface area contributed by atoms with Crippen LogP contribution in [0, 0.1) is 0 Å². The van der Waals surface area contributed by atoms with Crippen LogP contribution < -0.4 is 19.7 Å². The number of nitrogens with one attached hydrogen (secondary N) is 1. The van der Waals surface area contributed by atoms with E-state index in [4.69, 9.17) is 25.8 Å². The van der Waals surface area contributed by atoms with Crippen LogP contribution in [-0.2, 0) is 19.1 Å². The molecule has 0 atom stereocenters. The van der Waals surface area contributed by atoms with Crippen molar-refractivity contribution in [1.82, 2.24) is 0 Å². The Hall–Kier alpha value is -4.56. The number of hydrogen-bond donors (Lipinski definition) is 1. The van der Waals surface area contributed by atoms with Crippen molar-refractivity contribution in [3.8, 4) is 11.5 Å². The van der Waals surface area contributed by atoms with Gasteiger partial charge in [-0.25, -0.2) is 4.79 Å². The molecule has 1 aliphatic heterocycles. The largest absolute Gasteiger partial charge is 0.495 e. The highest BCUT2D eigenvalue weighted by molar-refractivity contribution is 6.31. The van der Waals surface area contributed by atoms with Crippen LogP contribution in [0.25, 0.3) is 6.08 Å². The van der Waals surface area contributed by atoms with Crippen LogP contribution in [0.5, 0.6) is 11.5 Å². The number of carbonyl (C=O) groups excluding carboxylic acids is 3. The Kier molecular flexibility index (Phi) is 8.13. The second kappa shape index (κ2) is 11.7. The molecule has 0 saturated heterocycles. The molecule has 0 fully saturated rings. The van der Waals surface area contributed by atoms with E-state index >= 15 is 0 Å². The van der Waals surface area contributed by atoms with Crippen LogP contribution in [-0.4, -0.2) is 38.6 Å². The molecular weight excluding hydrogens is 508 g/mol. The van der Waals surface area contributed by atoms with Crippen molar-refractivity contribution in [3.63, 3.8) is 0 Å². The van der Waals surface area contributed by atoms with Crippen molar-refractivity contribution in [2.45, 2.75) is 6.92 Å². The third-order valence-electron chi connectivity index (χ3n) is 5.80. The number of hydrogen-bond acceptors (Lipinski definition) is 6. The van der Waals surface area contributed by atoms with Gasteiger partial charge in [0.15, 0.2) is 6.61 Å². The molecule has 0 saturated carbocycles. The van der Waals surface area contributed by atoms with Gasteiger partial charge >= 0.3 is 5.97 Å². The molecular formula is C29H25ClN2O6. The van der Waals surface area contributed by atoms with Gasteiger partial charge in [-0.05, 0) is 61.0 Å². The monoisotopic (exact) mass is 532 g/mol. The van der Waals surface area contributed by atoms with E-state index in [0.29, 0.717) is 39.2 Å². The Labute approximate surface area is 225 Å². The second-order valence-electron chi connectivity index (χ2n) is 8.24. The summed E-state index contributed by atoms with van der Waals surface area (Å²) in [7, 11) is 2.79. The molecule has 1 heterocycles. The van der Waals surface area contributed by atoms with E-state index in [-0.39, 0.29) is 29.6 Å². The van der Waals surface area contributed by atoms with Gasteiger partial charge in [-0.1, -0.05) is 41.9 Å². The molecule has 9 heteroatoms. The molecule has 38 heavy (non-hydrogen) atoms. The van der Waals surface area contributed by atoms with E-state index in [1.54, 1.807) is 85.8 Å². The van der Waals surface area contributed by atoms with Gasteiger partial charge in [-0.15, -0.1) is 0 Å². The molecule has 0 bridgehead atoms. The van der Waals surface area contributed by atoms with Crippen LogP contribution >= 0.6 is 11.6 Å². The lowest BCUT2D eigenvalue weighted by molar-refractivity contribution is -0.136. The van der Waals surface area contributed by atoms with Gasteiger partial charge in [-0.2, -0.15) is 0 Å². The normalized spacial score (nSPS) is 14.1. The topological polar surface area (TPSA) is 94.2 Å². The SMILES string of the molecule is COC(=O)C1=C(C)N(c2cccc(Cl)c2)C(=O)/C1=C\c1ccc(OCC(=O)Nc2ccccc2OC)cc1. The third-order valence-corrected chi connectivity index (χ3v) is 6.03. The Morgan fingerprint density at radius 2 is 1.74 bits per heavy atom. The molecule has 8 nitrogen and oxygen atoms in total. The number of methoxy groups -OCH3 is 2. The average molecular weight is 533 g/mol. The van der Waals surface area contributed by atoms with Crippen molar-refractivity contribution in [2.24, 2.45) is 0 Å². The van der Waals surface area contributed by atoms with Crippen LogP contribution in [0.1, 0.15) is 12.5 Å².